The Kier molecular flexibility index (Phi) is 25.0. The predicted octanol–water partition coefficient (Wildman–Crippen LogP) is 14.2. The first kappa shape index (κ1) is 56.8. The molecule has 0 fully saturated rings. The second-order valence-electron chi connectivity index (χ2n) is 14.7. The normalized spacial score (nSPS) is 11.7. The molecular formula is C54H60BFN2O8S4. The highest BCUT2D eigenvalue weighted by molar-refractivity contribution is 8.03. The molecule has 0 unspecified atom stereocenters. The van der Waals surface area contributed by atoms with Crippen LogP contribution in [0.2, 0.25) is 0 Å². The standard InChI is InChI=1S/2C27H30NO3S2.BFO2/c2*1-5-19(21-7-11-23(29-3)12-8-21)17-32-25-15-26(28)31-27(16-25)33-18-20(6-2)22-9-13-24(30-4)14-10-22;2-1(3)4/h2*7-18H,5-6,28H2,1-4H3;/q2*+1;-2/b2*19-17+,20-18+;. The van der Waals surface area contributed by atoms with Gasteiger partial charge in [0.15, 0.2) is 0 Å². The van der Waals surface area contributed by atoms with Gasteiger partial charge in [0.05, 0.1) is 52.7 Å². The molecule has 0 amide bonds. The lowest BCUT2D eigenvalue weighted by molar-refractivity contribution is -0.366. The van der Waals surface area contributed by atoms with Gasteiger partial charge in [-0.05, 0) is 140 Å². The first-order chi connectivity index (χ1) is 33.8. The molecule has 6 aromatic rings. The Hall–Kier alpha value is -5.75. The summed E-state index contributed by atoms with van der Waals surface area (Å²) in [6.45, 7) is 8.60. The lowest BCUT2D eigenvalue weighted by Crippen LogP contribution is -2.39. The fourth-order valence-corrected chi connectivity index (χ4v) is 10.2. The summed E-state index contributed by atoms with van der Waals surface area (Å²) in [4.78, 5) is 2.08. The topological polar surface area (TPSA) is 158 Å². The number of hydrogen-bond donors (Lipinski definition) is 2. The van der Waals surface area contributed by atoms with Crippen molar-refractivity contribution in [2.75, 3.05) is 39.9 Å². The Morgan fingerprint density at radius 1 is 0.457 bits per heavy atom. The molecule has 10 nitrogen and oxygen atoms in total. The average Bonchev–Trinajstić information content (AvgIpc) is 3.37. The number of allylic oxidation sites excluding steroid dienone is 4. The highest BCUT2D eigenvalue weighted by Crippen LogP contribution is 2.36. The zero-order valence-electron chi connectivity index (χ0n) is 40.7. The average molecular weight is 1020 g/mol. The molecule has 2 heterocycles. The number of halogens is 1. The Labute approximate surface area is 429 Å². The molecule has 0 saturated carbocycles. The summed E-state index contributed by atoms with van der Waals surface area (Å²) in [7, 11) is 3.54. The first-order valence-corrected chi connectivity index (χ1v) is 25.8. The van der Waals surface area contributed by atoms with E-state index in [9.17, 15) is 4.32 Å². The Bertz CT molecular complexity index is 2290. The van der Waals surface area contributed by atoms with Gasteiger partial charge in [-0.25, -0.2) is 0 Å². The SMILES string of the molecule is CC/C(=C\Sc1cc(N)[o+]c(S/C=C(\CC)c2ccc(OC)cc2)c1)c1ccc(OC)cc1.CC/C(=C\Sc1cc(N)[o+]c(S/C=C(\CC)c2ccc(OC)cc2)c1)c1ccc(OC)cc1.[O-]B([O-])F. The molecular weight excluding hydrogens is 963 g/mol. The summed E-state index contributed by atoms with van der Waals surface area (Å²) in [6.07, 6.45) is 3.68. The molecule has 0 aliphatic heterocycles. The quantitative estimate of drug-likeness (QED) is 0.0423. The molecule has 0 aliphatic carbocycles. The van der Waals surface area contributed by atoms with Crippen molar-refractivity contribution in [3.05, 3.63) is 165 Å². The maximum Gasteiger partial charge on any atom is 0.427 e. The number of benzene rings is 4. The molecule has 0 aliphatic rings. The largest absolute Gasteiger partial charge is 0.867 e. The molecule has 4 aromatic carbocycles. The van der Waals surface area contributed by atoms with Gasteiger partial charge in [0.25, 0.3) is 0 Å². The van der Waals surface area contributed by atoms with E-state index in [1.165, 1.54) is 68.1 Å². The van der Waals surface area contributed by atoms with Gasteiger partial charge in [-0.3, -0.25) is 0 Å². The van der Waals surface area contributed by atoms with Crippen LogP contribution < -0.4 is 40.5 Å². The van der Waals surface area contributed by atoms with Crippen LogP contribution in [0.15, 0.2) is 172 Å². The van der Waals surface area contributed by atoms with Crippen LogP contribution in [-0.4, -0.2) is 35.8 Å². The number of hydrogen-bond acceptors (Lipinski definition) is 12. The van der Waals surface area contributed by atoms with Gasteiger partial charge in [-0.15, -0.1) is 0 Å². The van der Waals surface area contributed by atoms with Gasteiger partial charge in [0.1, 0.15) is 30.4 Å². The van der Waals surface area contributed by atoms with Crippen LogP contribution in [0, 0.1) is 0 Å². The second kappa shape index (κ2) is 30.8. The van der Waals surface area contributed by atoms with Crippen molar-refractivity contribution >= 4 is 88.5 Å². The number of anilines is 2. The maximum atomic E-state index is 9.89. The fraction of sp³-hybridized carbons (Fsp3) is 0.222. The predicted molar refractivity (Wildman–Crippen MR) is 290 cm³/mol. The van der Waals surface area contributed by atoms with Crippen LogP contribution in [0.1, 0.15) is 75.6 Å². The Balaban J connectivity index is 0.000000283. The third-order valence-electron chi connectivity index (χ3n) is 10.2. The monoisotopic (exact) mass is 1020 g/mol. The van der Waals surface area contributed by atoms with Crippen LogP contribution in [0.5, 0.6) is 23.0 Å². The minimum atomic E-state index is -3.17. The van der Waals surface area contributed by atoms with E-state index >= 15 is 0 Å². The van der Waals surface area contributed by atoms with Gasteiger partial charge in [0.2, 0.25) is 0 Å². The Morgan fingerprint density at radius 2 is 0.686 bits per heavy atom. The number of rotatable bonds is 20. The molecule has 6 rings (SSSR count). The third-order valence-corrected chi connectivity index (χ3v) is 13.7. The van der Waals surface area contributed by atoms with Crippen molar-refractivity contribution in [2.45, 2.75) is 73.4 Å². The van der Waals surface area contributed by atoms with E-state index in [1.54, 1.807) is 52.0 Å². The van der Waals surface area contributed by atoms with E-state index in [4.69, 9.17) is 49.3 Å². The molecule has 0 saturated heterocycles. The zero-order chi connectivity index (χ0) is 50.8. The van der Waals surface area contributed by atoms with Crippen LogP contribution in [-0.2, 0) is 0 Å². The van der Waals surface area contributed by atoms with E-state index in [0.717, 1.165) is 68.7 Å². The molecule has 2 aromatic heterocycles. The van der Waals surface area contributed by atoms with Crippen molar-refractivity contribution in [3.63, 3.8) is 0 Å². The molecule has 16 heteroatoms. The lowest BCUT2D eigenvalue weighted by atomic mass is 10.1. The van der Waals surface area contributed by atoms with Crippen molar-refractivity contribution in [3.8, 4) is 23.0 Å². The van der Waals surface area contributed by atoms with E-state index in [0.29, 0.717) is 11.8 Å². The first-order valence-electron chi connectivity index (χ1n) is 22.3. The molecule has 0 radical (unpaired) electrons. The smallest absolute Gasteiger partial charge is 0.427 e. The highest BCUT2D eigenvalue weighted by Gasteiger charge is 2.16. The van der Waals surface area contributed by atoms with Crippen molar-refractivity contribution < 1.29 is 42.1 Å². The van der Waals surface area contributed by atoms with Gasteiger partial charge in [-0.1, -0.05) is 99.7 Å². The van der Waals surface area contributed by atoms with Gasteiger partial charge >= 0.3 is 22.0 Å². The molecule has 4 N–H and O–H groups in total. The molecule has 368 valence electrons. The van der Waals surface area contributed by atoms with E-state index in [1.807, 2.05) is 72.8 Å². The number of thioether (sulfide) groups is 4. The van der Waals surface area contributed by atoms with E-state index < -0.39 is 7.40 Å². The highest BCUT2D eigenvalue weighted by atomic mass is 32.2. The van der Waals surface area contributed by atoms with Crippen molar-refractivity contribution in [2.24, 2.45) is 0 Å². The summed E-state index contributed by atoms with van der Waals surface area (Å²) in [5, 5.41) is 26.7. The minimum absolute atomic E-state index is 0.397. The van der Waals surface area contributed by atoms with Crippen LogP contribution in [0.4, 0.5) is 16.1 Å². The van der Waals surface area contributed by atoms with Crippen LogP contribution >= 0.6 is 47.0 Å². The maximum absolute atomic E-state index is 9.89. The van der Waals surface area contributed by atoms with Gasteiger partial charge in [-0.2, -0.15) is 8.83 Å². The molecule has 0 spiro atoms. The fourth-order valence-electron chi connectivity index (χ4n) is 6.38. The number of ether oxygens (including phenoxy) is 4. The number of methoxy groups -OCH3 is 4. The second-order valence-corrected chi connectivity index (χ2v) is 18.3. The van der Waals surface area contributed by atoms with E-state index in [2.05, 4.69) is 97.9 Å². The zero-order valence-corrected chi connectivity index (χ0v) is 44.0. The minimum Gasteiger partial charge on any atom is -0.867 e. The van der Waals surface area contributed by atoms with Crippen molar-refractivity contribution in [1.29, 1.82) is 0 Å². The lowest BCUT2D eigenvalue weighted by Gasteiger charge is -2.09. The summed E-state index contributed by atoms with van der Waals surface area (Å²) >= 11 is 6.37. The molecule has 70 heavy (non-hydrogen) atoms. The number of nitrogen functional groups attached to an aromatic ring is 2. The summed E-state index contributed by atoms with van der Waals surface area (Å²) in [6, 6.07) is 40.2. The van der Waals surface area contributed by atoms with Crippen LogP contribution in [0.25, 0.3) is 22.3 Å². The van der Waals surface area contributed by atoms with Gasteiger partial charge < -0.3 is 44.8 Å². The Morgan fingerprint density at radius 3 is 0.900 bits per heavy atom. The third kappa shape index (κ3) is 19.2. The van der Waals surface area contributed by atoms with Crippen molar-refractivity contribution in [1.82, 2.24) is 0 Å². The number of nitrogens with two attached hydrogens (primary N) is 2. The van der Waals surface area contributed by atoms with Gasteiger partial charge in [0, 0.05) is 33.3 Å². The van der Waals surface area contributed by atoms with E-state index in [-0.39, 0.29) is 0 Å². The van der Waals surface area contributed by atoms with Crippen LogP contribution in [0.3, 0.4) is 0 Å². The summed E-state index contributed by atoms with van der Waals surface area (Å²) in [5.41, 5.74) is 21.8. The molecule has 0 bridgehead atoms. The summed E-state index contributed by atoms with van der Waals surface area (Å²) in [5.74, 6) is 4.21. The molecule has 0 atom stereocenters. The summed E-state index contributed by atoms with van der Waals surface area (Å²) < 4.78 is 42.4.